The number of halogens is 2. The lowest BCUT2D eigenvalue weighted by Gasteiger charge is -2.34. The number of nitrogens with zero attached hydrogens (tertiary/aromatic N) is 4. The summed E-state index contributed by atoms with van der Waals surface area (Å²) in [6, 6.07) is 23.6. The zero-order valence-corrected chi connectivity index (χ0v) is 18.6. The van der Waals surface area contributed by atoms with Crippen LogP contribution in [0.5, 0.6) is 0 Å². The predicted octanol–water partition coefficient (Wildman–Crippen LogP) is 4.78. The third-order valence-corrected chi connectivity index (χ3v) is 6.10. The molecule has 4 aromatic rings. The second kappa shape index (κ2) is 9.57. The average Bonchev–Trinajstić information content (AvgIpc) is 3.34. The molecule has 1 aromatic heterocycles. The number of aromatic nitrogens is 2. The van der Waals surface area contributed by atoms with Gasteiger partial charge in [-0.05, 0) is 18.2 Å². The third-order valence-electron chi connectivity index (χ3n) is 6.10. The lowest BCUT2D eigenvalue weighted by atomic mass is 10.1. The van der Waals surface area contributed by atoms with Crippen molar-refractivity contribution >= 4 is 5.91 Å². The van der Waals surface area contributed by atoms with Crippen molar-refractivity contribution in [1.29, 1.82) is 0 Å². The highest BCUT2D eigenvalue weighted by molar-refractivity contribution is 6.00. The molecule has 1 fully saturated rings. The smallest absolute Gasteiger partial charge is 0.257 e. The van der Waals surface area contributed by atoms with Crippen LogP contribution in [0.2, 0.25) is 0 Å². The molecule has 172 valence electrons. The summed E-state index contributed by atoms with van der Waals surface area (Å²) >= 11 is 0. The molecule has 0 N–H and O–H groups in total. The van der Waals surface area contributed by atoms with E-state index in [1.54, 1.807) is 21.8 Å². The fourth-order valence-corrected chi connectivity index (χ4v) is 4.24. The van der Waals surface area contributed by atoms with E-state index in [-0.39, 0.29) is 5.91 Å². The lowest BCUT2D eigenvalue weighted by molar-refractivity contribution is 0.0627. The third kappa shape index (κ3) is 4.47. The normalized spacial score (nSPS) is 14.4. The minimum Gasteiger partial charge on any atom is -0.336 e. The van der Waals surface area contributed by atoms with Crippen LogP contribution in [0.3, 0.4) is 0 Å². The van der Waals surface area contributed by atoms with Gasteiger partial charge in [0.15, 0.2) is 11.6 Å². The summed E-state index contributed by atoms with van der Waals surface area (Å²) < 4.78 is 29.3. The first-order chi connectivity index (χ1) is 16.6. The van der Waals surface area contributed by atoms with Gasteiger partial charge in [-0.3, -0.25) is 9.69 Å². The minimum atomic E-state index is -0.838. The van der Waals surface area contributed by atoms with Gasteiger partial charge in [-0.25, -0.2) is 13.5 Å². The van der Waals surface area contributed by atoms with Gasteiger partial charge in [-0.2, -0.15) is 5.10 Å². The fourth-order valence-electron chi connectivity index (χ4n) is 4.24. The Kier molecular flexibility index (Phi) is 6.18. The molecule has 0 bridgehead atoms. The van der Waals surface area contributed by atoms with E-state index < -0.39 is 11.6 Å². The van der Waals surface area contributed by atoms with Crippen molar-refractivity contribution in [2.45, 2.75) is 6.54 Å². The van der Waals surface area contributed by atoms with Crippen molar-refractivity contribution in [3.8, 4) is 16.9 Å². The first-order valence-corrected chi connectivity index (χ1v) is 11.2. The number of piperazine rings is 1. The number of hydrogen-bond acceptors (Lipinski definition) is 3. The molecule has 0 saturated carbocycles. The Labute approximate surface area is 196 Å². The van der Waals surface area contributed by atoms with Gasteiger partial charge in [0.2, 0.25) is 0 Å². The molecule has 0 radical (unpaired) electrons. The van der Waals surface area contributed by atoms with Crippen molar-refractivity contribution < 1.29 is 13.6 Å². The van der Waals surface area contributed by atoms with Crippen molar-refractivity contribution in [3.63, 3.8) is 0 Å². The molecule has 0 atom stereocenters. The van der Waals surface area contributed by atoms with Gasteiger partial charge in [0.05, 0.1) is 11.3 Å². The summed E-state index contributed by atoms with van der Waals surface area (Å²) in [5, 5.41) is 4.74. The monoisotopic (exact) mass is 458 g/mol. The number of carbonyl (C=O) groups is 1. The van der Waals surface area contributed by atoms with Crippen LogP contribution in [-0.4, -0.2) is 51.7 Å². The van der Waals surface area contributed by atoms with E-state index in [4.69, 9.17) is 5.10 Å². The van der Waals surface area contributed by atoms with E-state index in [0.717, 1.165) is 17.3 Å². The zero-order valence-electron chi connectivity index (χ0n) is 18.6. The molecule has 5 rings (SSSR count). The van der Waals surface area contributed by atoms with Gasteiger partial charge in [-0.1, -0.05) is 60.7 Å². The molecule has 3 aromatic carbocycles. The summed E-state index contributed by atoms with van der Waals surface area (Å²) in [6.45, 7) is 2.47. The molecule has 5 nitrogen and oxygen atoms in total. The zero-order chi connectivity index (χ0) is 23.5. The lowest BCUT2D eigenvalue weighted by Crippen LogP contribution is -2.48. The molecule has 0 spiro atoms. The average molecular weight is 459 g/mol. The molecule has 1 aliphatic heterocycles. The number of benzene rings is 3. The highest BCUT2D eigenvalue weighted by atomic mass is 19.2. The maximum absolute atomic E-state index is 14.1. The summed E-state index contributed by atoms with van der Waals surface area (Å²) in [5.74, 6) is -1.73. The molecule has 1 amide bonds. The van der Waals surface area contributed by atoms with Gasteiger partial charge in [0.25, 0.3) is 5.91 Å². The number of carbonyl (C=O) groups excluding carboxylic acids is 1. The molecule has 2 heterocycles. The summed E-state index contributed by atoms with van der Waals surface area (Å²) in [5.41, 5.74) is 3.26. The number of amides is 1. The van der Waals surface area contributed by atoms with Crippen LogP contribution in [0.15, 0.2) is 85.1 Å². The van der Waals surface area contributed by atoms with E-state index in [1.165, 1.54) is 6.07 Å². The Bertz CT molecular complexity index is 1280. The largest absolute Gasteiger partial charge is 0.336 e. The Balaban J connectivity index is 1.35. The maximum atomic E-state index is 14.1. The number of hydrogen-bond donors (Lipinski definition) is 0. The number of rotatable bonds is 5. The van der Waals surface area contributed by atoms with Crippen LogP contribution in [-0.2, 0) is 6.54 Å². The first kappa shape index (κ1) is 22.0. The Morgan fingerprint density at radius 3 is 2.21 bits per heavy atom. The molecule has 0 unspecified atom stereocenters. The maximum Gasteiger partial charge on any atom is 0.257 e. The highest BCUT2D eigenvalue weighted by Gasteiger charge is 2.27. The van der Waals surface area contributed by atoms with E-state index >= 15 is 0 Å². The summed E-state index contributed by atoms with van der Waals surface area (Å²) in [6.07, 6.45) is 1.79. The number of para-hydroxylation sites is 1. The molecule has 1 aliphatic rings. The van der Waals surface area contributed by atoms with E-state index in [1.807, 2.05) is 65.6 Å². The van der Waals surface area contributed by atoms with E-state index in [0.29, 0.717) is 49.5 Å². The van der Waals surface area contributed by atoms with Crippen molar-refractivity contribution in [2.24, 2.45) is 0 Å². The van der Waals surface area contributed by atoms with Gasteiger partial charge in [0, 0.05) is 50.0 Å². The molecular weight excluding hydrogens is 434 g/mol. The standard InChI is InChI=1S/C27H24F2N4O/c28-24-13-7-10-21(25(24)29)18-31-14-16-32(17-15-31)27(34)23-19-33(22-11-5-2-6-12-22)30-26(23)20-8-3-1-4-9-20/h1-13,19H,14-18H2. The second-order valence-corrected chi connectivity index (χ2v) is 8.32. The van der Waals surface area contributed by atoms with Gasteiger partial charge in [-0.15, -0.1) is 0 Å². The van der Waals surface area contributed by atoms with Crippen LogP contribution in [0.4, 0.5) is 8.78 Å². The van der Waals surface area contributed by atoms with Crippen LogP contribution in [0, 0.1) is 11.6 Å². The Hall–Kier alpha value is -3.84. The van der Waals surface area contributed by atoms with Gasteiger partial charge >= 0.3 is 0 Å². The van der Waals surface area contributed by atoms with Crippen LogP contribution >= 0.6 is 0 Å². The van der Waals surface area contributed by atoms with Crippen molar-refractivity contribution in [2.75, 3.05) is 26.2 Å². The summed E-state index contributed by atoms with van der Waals surface area (Å²) in [4.78, 5) is 17.4. The van der Waals surface area contributed by atoms with Gasteiger partial charge < -0.3 is 4.90 Å². The van der Waals surface area contributed by atoms with Crippen LogP contribution in [0.25, 0.3) is 16.9 Å². The molecule has 1 saturated heterocycles. The van der Waals surface area contributed by atoms with Crippen molar-refractivity contribution in [3.05, 3.63) is 108 Å². The molecule has 0 aliphatic carbocycles. The highest BCUT2D eigenvalue weighted by Crippen LogP contribution is 2.25. The van der Waals surface area contributed by atoms with Crippen LogP contribution < -0.4 is 0 Å². The summed E-state index contributed by atoms with van der Waals surface area (Å²) in [7, 11) is 0. The Morgan fingerprint density at radius 1 is 0.824 bits per heavy atom. The second-order valence-electron chi connectivity index (χ2n) is 8.32. The predicted molar refractivity (Wildman–Crippen MR) is 127 cm³/mol. The van der Waals surface area contributed by atoms with Gasteiger partial charge in [0.1, 0.15) is 5.69 Å². The van der Waals surface area contributed by atoms with Crippen molar-refractivity contribution in [1.82, 2.24) is 19.6 Å². The SMILES string of the molecule is O=C(c1cn(-c2ccccc2)nc1-c1ccccc1)N1CCN(Cc2cccc(F)c2F)CC1. The fraction of sp³-hybridized carbons (Fsp3) is 0.185. The quantitative estimate of drug-likeness (QED) is 0.432. The minimum absolute atomic E-state index is 0.0855. The van der Waals surface area contributed by atoms with E-state index in [2.05, 4.69) is 0 Å². The molecular formula is C27H24F2N4O. The Morgan fingerprint density at radius 2 is 1.50 bits per heavy atom. The topological polar surface area (TPSA) is 41.4 Å². The molecule has 7 heteroatoms. The van der Waals surface area contributed by atoms with E-state index in [9.17, 15) is 13.6 Å². The van der Waals surface area contributed by atoms with Crippen LogP contribution in [0.1, 0.15) is 15.9 Å². The molecule has 34 heavy (non-hydrogen) atoms. The first-order valence-electron chi connectivity index (χ1n) is 11.2.